The zero-order chi connectivity index (χ0) is 16.3. The number of para-hydroxylation sites is 1. The van der Waals surface area contributed by atoms with Gasteiger partial charge >= 0.3 is 0 Å². The zero-order valence-corrected chi connectivity index (χ0v) is 14.1. The quantitative estimate of drug-likeness (QED) is 0.874. The Morgan fingerprint density at radius 2 is 1.86 bits per heavy atom. The number of aryl methyl sites for hydroxylation is 1. The van der Waals surface area contributed by atoms with E-state index >= 15 is 0 Å². The van der Waals surface area contributed by atoms with Gasteiger partial charge in [0.25, 0.3) is 0 Å². The fourth-order valence-corrected chi connectivity index (χ4v) is 2.77. The Morgan fingerprint density at radius 1 is 1.29 bits per heavy atom. The minimum Gasteiger partial charge on any atom is -0.350 e. The van der Waals surface area contributed by atoms with Crippen LogP contribution in [0.15, 0.2) is 24.3 Å². The van der Waals surface area contributed by atoms with E-state index in [9.17, 15) is 13.2 Å². The van der Waals surface area contributed by atoms with E-state index in [1.165, 1.54) is 0 Å². The summed E-state index contributed by atoms with van der Waals surface area (Å²) in [7, 11) is -3.53. The van der Waals surface area contributed by atoms with Gasteiger partial charge in [-0.25, -0.2) is 8.42 Å². The summed E-state index contributed by atoms with van der Waals surface area (Å²) in [5.41, 5.74) is 0.987. The van der Waals surface area contributed by atoms with E-state index in [4.69, 9.17) is 0 Å². The van der Waals surface area contributed by atoms with Crippen molar-refractivity contribution in [1.82, 2.24) is 5.32 Å². The van der Waals surface area contributed by atoms with E-state index < -0.39 is 10.0 Å². The molecular weight excluding hydrogens is 288 g/mol. The van der Waals surface area contributed by atoms with Crippen molar-refractivity contribution in [3.05, 3.63) is 29.8 Å². The first kappa shape index (κ1) is 17.5. The number of nitrogens with one attached hydrogen (secondary N) is 1. The molecule has 1 N–H and O–H groups in total. The highest BCUT2D eigenvalue weighted by Gasteiger charge is 2.25. The van der Waals surface area contributed by atoms with Gasteiger partial charge < -0.3 is 5.32 Å². The van der Waals surface area contributed by atoms with Crippen LogP contribution < -0.4 is 9.62 Å². The van der Waals surface area contributed by atoms with Crippen LogP contribution in [0, 0.1) is 6.92 Å². The lowest BCUT2D eigenvalue weighted by atomic mass is 10.0. The molecule has 5 nitrogen and oxygen atoms in total. The fourth-order valence-electron chi connectivity index (χ4n) is 1.86. The number of hydrogen-bond donors (Lipinski definition) is 1. The van der Waals surface area contributed by atoms with Crippen molar-refractivity contribution >= 4 is 21.6 Å². The van der Waals surface area contributed by atoms with Gasteiger partial charge in [0.15, 0.2) is 0 Å². The van der Waals surface area contributed by atoms with Crippen LogP contribution in [-0.4, -0.2) is 32.7 Å². The molecule has 0 radical (unpaired) electrons. The van der Waals surface area contributed by atoms with Gasteiger partial charge in [0.2, 0.25) is 15.9 Å². The second-order valence-electron chi connectivity index (χ2n) is 5.84. The molecule has 1 rings (SSSR count). The highest BCUT2D eigenvalue weighted by Crippen LogP contribution is 2.21. The second-order valence-corrected chi connectivity index (χ2v) is 7.75. The van der Waals surface area contributed by atoms with Crippen LogP contribution >= 0.6 is 0 Å². The molecule has 0 bridgehead atoms. The van der Waals surface area contributed by atoms with Gasteiger partial charge in [-0.2, -0.15) is 0 Å². The number of rotatable bonds is 6. The third-order valence-corrected chi connectivity index (χ3v) is 4.56. The van der Waals surface area contributed by atoms with Gasteiger partial charge in [0.1, 0.15) is 6.54 Å². The lowest BCUT2D eigenvalue weighted by Gasteiger charge is -2.28. The molecule has 0 fully saturated rings. The summed E-state index contributed by atoms with van der Waals surface area (Å²) >= 11 is 0. The third-order valence-electron chi connectivity index (χ3n) is 3.43. The molecule has 1 aromatic carbocycles. The average molecular weight is 312 g/mol. The number of amides is 1. The smallest absolute Gasteiger partial charge is 0.241 e. The van der Waals surface area contributed by atoms with Crippen LogP contribution in [0.3, 0.4) is 0 Å². The van der Waals surface area contributed by atoms with E-state index in [2.05, 4.69) is 5.32 Å². The summed E-state index contributed by atoms with van der Waals surface area (Å²) in [5.74, 6) is -0.310. The van der Waals surface area contributed by atoms with Gasteiger partial charge in [0, 0.05) is 5.54 Å². The van der Waals surface area contributed by atoms with E-state index in [0.717, 1.165) is 22.5 Å². The van der Waals surface area contributed by atoms with E-state index in [1.807, 2.05) is 39.8 Å². The summed E-state index contributed by atoms with van der Waals surface area (Å²) < 4.78 is 25.1. The summed E-state index contributed by atoms with van der Waals surface area (Å²) in [6, 6.07) is 7.12. The highest BCUT2D eigenvalue weighted by atomic mass is 32.2. The third kappa shape index (κ3) is 5.04. The van der Waals surface area contributed by atoms with Crippen LogP contribution in [-0.2, 0) is 14.8 Å². The highest BCUT2D eigenvalue weighted by molar-refractivity contribution is 7.92. The average Bonchev–Trinajstić information content (AvgIpc) is 2.35. The van der Waals surface area contributed by atoms with Crippen molar-refractivity contribution in [2.75, 3.05) is 17.1 Å². The first-order valence-electron chi connectivity index (χ1n) is 6.91. The minimum atomic E-state index is -3.53. The maximum atomic E-state index is 12.1. The van der Waals surface area contributed by atoms with E-state index in [0.29, 0.717) is 5.69 Å². The van der Waals surface area contributed by atoms with Gasteiger partial charge in [0.05, 0.1) is 11.9 Å². The Balaban J connectivity index is 3.03. The molecule has 0 saturated carbocycles. The molecule has 0 spiro atoms. The molecule has 0 saturated heterocycles. The molecule has 118 valence electrons. The SMILES string of the molecule is CCC(C)(C)NC(=O)CN(c1ccccc1C)S(C)(=O)=O. The Kier molecular flexibility index (Phi) is 5.39. The zero-order valence-electron chi connectivity index (χ0n) is 13.3. The number of anilines is 1. The van der Waals surface area contributed by atoms with Gasteiger partial charge in [-0.3, -0.25) is 9.10 Å². The normalized spacial score (nSPS) is 12.0. The van der Waals surface area contributed by atoms with Crippen molar-refractivity contribution in [2.24, 2.45) is 0 Å². The number of hydrogen-bond acceptors (Lipinski definition) is 3. The van der Waals surface area contributed by atoms with Crippen LogP contribution in [0.5, 0.6) is 0 Å². The minimum absolute atomic E-state index is 0.215. The second kappa shape index (κ2) is 6.47. The molecule has 1 aromatic rings. The topological polar surface area (TPSA) is 66.5 Å². The molecule has 21 heavy (non-hydrogen) atoms. The van der Waals surface area contributed by atoms with Crippen LogP contribution in [0.4, 0.5) is 5.69 Å². The molecule has 0 aromatic heterocycles. The summed E-state index contributed by atoms with van der Waals surface area (Å²) in [4.78, 5) is 12.1. The molecule has 1 amide bonds. The van der Waals surface area contributed by atoms with Crippen LogP contribution in [0.1, 0.15) is 32.8 Å². The van der Waals surface area contributed by atoms with Gasteiger partial charge in [-0.05, 0) is 38.8 Å². The van der Waals surface area contributed by atoms with Gasteiger partial charge in [-0.1, -0.05) is 25.1 Å². The molecule has 0 aliphatic carbocycles. The van der Waals surface area contributed by atoms with E-state index in [1.54, 1.807) is 12.1 Å². The Hall–Kier alpha value is -1.56. The first-order chi connectivity index (χ1) is 9.57. The molecule has 0 aliphatic heterocycles. The number of benzene rings is 1. The van der Waals surface area contributed by atoms with Crippen molar-refractivity contribution in [2.45, 2.75) is 39.7 Å². The molecule has 0 unspecified atom stereocenters. The largest absolute Gasteiger partial charge is 0.350 e. The van der Waals surface area contributed by atoms with Crippen LogP contribution in [0.2, 0.25) is 0 Å². The monoisotopic (exact) mass is 312 g/mol. The number of nitrogens with zero attached hydrogens (tertiary/aromatic N) is 1. The van der Waals surface area contributed by atoms with Crippen molar-refractivity contribution < 1.29 is 13.2 Å². The van der Waals surface area contributed by atoms with E-state index in [-0.39, 0.29) is 18.0 Å². The molecule has 0 atom stereocenters. The predicted molar refractivity (Wildman–Crippen MR) is 85.9 cm³/mol. The molecule has 0 heterocycles. The summed E-state index contributed by atoms with van der Waals surface area (Å²) in [6.07, 6.45) is 1.87. The first-order valence-corrected chi connectivity index (χ1v) is 8.76. The Bertz CT molecular complexity index is 609. The Labute approximate surface area is 127 Å². The molecule has 0 aliphatic rings. The number of carbonyl (C=O) groups is 1. The summed E-state index contributed by atoms with van der Waals surface area (Å²) in [6.45, 7) is 7.39. The van der Waals surface area contributed by atoms with Gasteiger partial charge in [-0.15, -0.1) is 0 Å². The predicted octanol–water partition coefficient (Wildman–Crippen LogP) is 2.07. The lowest BCUT2D eigenvalue weighted by molar-refractivity contribution is -0.121. The maximum Gasteiger partial charge on any atom is 0.241 e. The van der Waals surface area contributed by atoms with Crippen LogP contribution in [0.25, 0.3) is 0 Å². The molecular formula is C15H24N2O3S. The standard InChI is InChI=1S/C15H24N2O3S/c1-6-15(3,4)16-14(18)11-17(21(5,19)20)13-10-8-7-9-12(13)2/h7-10H,6,11H2,1-5H3,(H,16,18). The number of carbonyl (C=O) groups excluding carboxylic acids is 1. The number of sulfonamides is 1. The maximum absolute atomic E-state index is 12.1. The fraction of sp³-hybridized carbons (Fsp3) is 0.533. The van der Waals surface area contributed by atoms with Crippen molar-refractivity contribution in [3.8, 4) is 0 Å². The Morgan fingerprint density at radius 3 is 2.33 bits per heavy atom. The van der Waals surface area contributed by atoms with Crippen molar-refractivity contribution in [3.63, 3.8) is 0 Å². The molecule has 6 heteroatoms. The summed E-state index contributed by atoms with van der Waals surface area (Å²) in [5, 5.41) is 2.85. The van der Waals surface area contributed by atoms with Crippen molar-refractivity contribution in [1.29, 1.82) is 0 Å². The lowest BCUT2D eigenvalue weighted by Crippen LogP contribution is -2.48.